The van der Waals surface area contributed by atoms with Crippen LogP contribution >= 0.6 is 11.3 Å². The van der Waals surface area contributed by atoms with Gasteiger partial charge in [0.15, 0.2) is 5.13 Å². The number of carbonyl (C=O) groups excluding carboxylic acids is 1. The van der Waals surface area contributed by atoms with Crippen LogP contribution in [0.5, 0.6) is 0 Å². The molecular weight excluding hydrogens is 388 g/mol. The van der Waals surface area contributed by atoms with E-state index in [0.717, 1.165) is 10.2 Å². The molecule has 1 N–H and O–H groups in total. The Morgan fingerprint density at radius 3 is 2.66 bits per heavy atom. The zero-order valence-electron chi connectivity index (χ0n) is 15.0. The van der Waals surface area contributed by atoms with Crippen LogP contribution in [0.3, 0.4) is 0 Å². The van der Waals surface area contributed by atoms with Crippen molar-refractivity contribution >= 4 is 44.0 Å². The molecule has 0 fully saturated rings. The average molecular weight is 402 g/mol. The van der Waals surface area contributed by atoms with E-state index in [4.69, 9.17) is 0 Å². The molecule has 1 atom stereocenters. The molecule has 0 bridgehead atoms. The number of rotatable bonds is 3. The van der Waals surface area contributed by atoms with Crippen LogP contribution in [0.1, 0.15) is 22.1 Å². The topological polar surface area (TPSA) is 88.4 Å². The Morgan fingerprint density at radius 2 is 1.83 bits per heavy atom. The van der Waals surface area contributed by atoms with E-state index in [2.05, 4.69) is 10.3 Å². The van der Waals surface area contributed by atoms with E-state index in [1.54, 1.807) is 23.1 Å². The summed E-state index contributed by atoms with van der Waals surface area (Å²) in [7, 11) is 0. The van der Waals surface area contributed by atoms with Gasteiger partial charge in [0.2, 0.25) is 0 Å². The molecule has 1 unspecified atom stereocenters. The predicted octanol–water partition coefficient (Wildman–Crippen LogP) is 4.98. The lowest BCUT2D eigenvalue weighted by atomic mass is 10.0. The highest BCUT2D eigenvalue weighted by atomic mass is 32.1. The molecule has 7 nitrogen and oxygen atoms in total. The number of hydrogen-bond donors (Lipinski definition) is 1. The zero-order valence-corrected chi connectivity index (χ0v) is 15.8. The molecule has 4 aromatic rings. The van der Waals surface area contributed by atoms with E-state index in [1.807, 2.05) is 42.5 Å². The van der Waals surface area contributed by atoms with Crippen molar-refractivity contribution in [2.24, 2.45) is 0 Å². The zero-order chi connectivity index (χ0) is 20.0. The fourth-order valence-corrected chi connectivity index (χ4v) is 4.45. The Hall–Kier alpha value is -3.78. The van der Waals surface area contributed by atoms with Crippen molar-refractivity contribution < 1.29 is 9.72 Å². The second-order valence-electron chi connectivity index (χ2n) is 6.58. The largest absolute Gasteiger partial charge is 0.360 e. The highest BCUT2D eigenvalue weighted by Gasteiger charge is 2.36. The van der Waals surface area contributed by atoms with E-state index in [-0.39, 0.29) is 11.6 Å². The first-order valence-electron chi connectivity index (χ1n) is 8.91. The van der Waals surface area contributed by atoms with Crippen molar-refractivity contribution in [3.05, 3.63) is 94.0 Å². The smallest absolute Gasteiger partial charge is 0.269 e. The molecule has 142 valence electrons. The molecule has 8 heteroatoms. The Bertz CT molecular complexity index is 1240. The summed E-state index contributed by atoms with van der Waals surface area (Å²) >= 11 is 1.41. The summed E-state index contributed by atoms with van der Waals surface area (Å²) in [5, 5.41) is 15.2. The number of fused-ring (bicyclic) bond motifs is 2. The molecule has 2 heterocycles. The second kappa shape index (κ2) is 6.68. The van der Waals surface area contributed by atoms with Crippen LogP contribution in [-0.2, 0) is 0 Å². The fraction of sp³-hybridized carbons (Fsp3) is 0.0476. The lowest BCUT2D eigenvalue weighted by Crippen LogP contribution is -2.43. The van der Waals surface area contributed by atoms with E-state index >= 15 is 0 Å². The third kappa shape index (κ3) is 2.90. The van der Waals surface area contributed by atoms with Crippen molar-refractivity contribution in [3.8, 4) is 0 Å². The van der Waals surface area contributed by atoms with Gasteiger partial charge in [-0.2, -0.15) is 0 Å². The molecular formula is C21H14N4O3S. The summed E-state index contributed by atoms with van der Waals surface area (Å²) in [5.41, 5.74) is 2.61. The molecule has 1 aliphatic rings. The van der Waals surface area contributed by atoms with Gasteiger partial charge in [0.25, 0.3) is 11.6 Å². The number of hydrogen-bond acceptors (Lipinski definition) is 6. The van der Waals surface area contributed by atoms with Gasteiger partial charge in [-0.15, -0.1) is 0 Å². The molecule has 0 spiro atoms. The molecule has 0 radical (unpaired) electrons. The predicted molar refractivity (Wildman–Crippen MR) is 112 cm³/mol. The van der Waals surface area contributed by atoms with Crippen LogP contribution < -0.4 is 10.2 Å². The molecule has 29 heavy (non-hydrogen) atoms. The molecule has 0 saturated heterocycles. The number of nitrogens with zero attached hydrogens (tertiary/aromatic N) is 3. The Kier molecular flexibility index (Phi) is 3.99. The van der Waals surface area contributed by atoms with Crippen LogP contribution in [0.4, 0.5) is 16.5 Å². The number of aromatic nitrogens is 1. The fourth-order valence-electron chi connectivity index (χ4n) is 3.46. The summed E-state index contributed by atoms with van der Waals surface area (Å²) in [4.78, 5) is 30.5. The quantitative estimate of drug-likeness (QED) is 0.386. The standard InChI is InChI=1S/C21H14N4O3S/c26-20-15-8-1-2-9-16(15)22-19(13-6-5-7-14(12-13)25(27)28)24(20)21-23-17-10-3-4-11-18(17)29-21/h1-12,19,22H. The summed E-state index contributed by atoms with van der Waals surface area (Å²) in [6, 6.07) is 21.2. The number of nitrogens with one attached hydrogen (secondary N) is 1. The SMILES string of the molecule is O=C1c2ccccc2NC(c2cccc([N+](=O)[O-])c2)N1c1nc2ccccc2s1. The summed E-state index contributed by atoms with van der Waals surface area (Å²) in [6.45, 7) is 0. The third-order valence-corrected chi connectivity index (χ3v) is 5.85. The summed E-state index contributed by atoms with van der Waals surface area (Å²) < 4.78 is 0.965. The van der Waals surface area contributed by atoms with Crippen LogP contribution in [0.2, 0.25) is 0 Å². The molecule has 0 aliphatic carbocycles. The van der Waals surface area contributed by atoms with Gasteiger partial charge >= 0.3 is 0 Å². The summed E-state index contributed by atoms with van der Waals surface area (Å²) in [5.74, 6) is -0.199. The van der Waals surface area contributed by atoms with Gasteiger partial charge in [-0.3, -0.25) is 19.8 Å². The van der Waals surface area contributed by atoms with Crippen molar-refractivity contribution in [1.82, 2.24) is 4.98 Å². The highest BCUT2D eigenvalue weighted by molar-refractivity contribution is 7.22. The molecule has 0 saturated carbocycles. The van der Waals surface area contributed by atoms with Gasteiger partial charge in [0.1, 0.15) is 6.17 Å². The number of anilines is 2. The van der Waals surface area contributed by atoms with Crippen LogP contribution in [0, 0.1) is 10.1 Å². The Labute approximate surface area is 169 Å². The van der Waals surface area contributed by atoms with Gasteiger partial charge in [0.05, 0.1) is 20.7 Å². The molecule has 1 aliphatic heterocycles. The molecule has 1 aromatic heterocycles. The number of nitro benzene ring substituents is 1. The van der Waals surface area contributed by atoms with Gasteiger partial charge in [-0.05, 0) is 24.3 Å². The number of carbonyl (C=O) groups is 1. The van der Waals surface area contributed by atoms with Crippen molar-refractivity contribution in [2.75, 3.05) is 10.2 Å². The minimum Gasteiger partial charge on any atom is -0.360 e. The van der Waals surface area contributed by atoms with E-state index < -0.39 is 11.1 Å². The first kappa shape index (κ1) is 17.3. The maximum Gasteiger partial charge on any atom is 0.269 e. The number of benzene rings is 3. The van der Waals surface area contributed by atoms with Crippen LogP contribution in [0.25, 0.3) is 10.2 Å². The monoisotopic (exact) mass is 402 g/mol. The van der Waals surface area contributed by atoms with Gasteiger partial charge in [-0.25, -0.2) is 4.98 Å². The minimum absolute atomic E-state index is 0.0279. The van der Waals surface area contributed by atoms with Crippen LogP contribution in [0.15, 0.2) is 72.8 Å². The lowest BCUT2D eigenvalue weighted by Gasteiger charge is -2.36. The van der Waals surface area contributed by atoms with Crippen molar-refractivity contribution in [3.63, 3.8) is 0 Å². The van der Waals surface area contributed by atoms with E-state index in [9.17, 15) is 14.9 Å². The molecule has 3 aromatic carbocycles. The summed E-state index contributed by atoms with van der Waals surface area (Å²) in [6.07, 6.45) is -0.613. The molecule has 5 rings (SSSR count). The van der Waals surface area contributed by atoms with Crippen LogP contribution in [-0.4, -0.2) is 15.8 Å². The van der Waals surface area contributed by atoms with Crippen molar-refractivity contribution in [1.29, 1.82) is 0 Å². The normalized spacial score (nSPS) is 15.8. The third-order valence-electron chi connectivity index (χ3n) is 4.81. The van der Waals surface area contributed by atoms with E-state index in [1.165, 1.54) is 23.5 Å². The van der Waals surface area contributed by atoms with Gasteiger partial charge in [-0.1, -0.05) is 47.7 Å². The maximum absolute atomic E-state index is 13.4. The lowest BCUT2D eigenvalue weighted by molar-refractivity contribution is -0.384. The number of para-hydroxylation sites is 2. The molecule has 1 amide bonds. The van der Waals surface area contributed by atoms with Crippen molar-refractivity contribution in [2.45, 2.75) is 6.17 Å². The minimum atomic E-state index is -0.613. The second-order valence-corrected chi connectivity index (χ2v) is 7.59. The first-order valence-corrected chi connectivity index (χ1v) is 9.72. The van der Waals surface area contributed by atoms with Gasteiger partial charge in [0, 0.05) is 23.4 Å². The number of nitro groups is 1. The highest BCUT2D eigenvalue weighted by Crippen LogP contribution is 2.40. The average Bonchev–Trinajstić information content (AvgIpc) is 3.17. The Balaban J connectivity index is 1.69. The number of amides is 1. The number of thiazole rings is 1. The number of non-ortho nitro benzene ring substituents is 1. The van der Waals surface area contributed by atoms with Gasteiger partial charge < -0.3 is 5.32 Å². The first-order chi connectivity index (χ1) is 14.1. The maximum atomic E-state index is 13.4. The Morgan fingerprint density at radius 1 is 1.03 bits per heavy atom. The van der Waals surface area contributed by atoms with E-state index in [0.29, 0.717) is 21.9 Å².